The number of nitrogens with one attached hydrogen (secondary N) is 2. The van der Waals surface area contributed by atoms with Gasteiger partial charge in [-0.3, -0.25) is 4.79 Å². The van der Waals surface area contributed by atoms with Crippen molar-refractivity contribution in [2.24, 2.45) is 0 Å². The lowest BCUT2D eigenvalue weighted by molar-refractivity contribution is -0.161. The van der Waals surface area contributed by atoms with Gasteiger partial charge in [0.15, 0.2) is 0 Å². The van der Waals surface area contributed by atoms with E-state index in [0.717, 1.165) is 0 Å². The second-order valence-corrected chi connectivity index (χ2v) is 4.85. The third-order valence-electron chi connectivity index (χ3n) is 3.17. The van der Waals surface area contributed by atoms with E-state index in [4.69, 9.17) is 9.47 Å². The maximum atomic E-state index is 11.9. The minimum absolute atomic E-state index is 0.221. The molecule has 2 N–H and O–H groups in total. The summed E-state index contributed by atoms with van der Waals surface area (Å²) in [6.45, 7) is 1.55. The molecule has 22 heavy (non-hydrogen) atoms. The van der Waals surface area contributed by atoms with E-state index in [0.29, 0.717) is 18.0 Å². The Balaban J connectivity index is 1.88. The number of aromatic nitrogens is 1. The van der Waals surface area contributed by atoms with E-state index in [9.17, 15) is 14.4 Å². The first-order chi connectivity index (χ1) is 10.5. The highest BCUT2D eigenvalue weighted by Crippen LogP contribution is 2.15. The van der Waals surface area contributed by atoms with Crippen molar-refractivity contribution in [3.05, 3.63) is 18.3 Å². The predicted molar refractivity (Wildman–Crippen MR) is 76.1 cm³/mol. The normalized spacial score (nSPS) is 18.3. The van der Waals surface area contributed by atoms with Crippen LogP contribution in [0.25, 0.3) is 0 Å². The molecule has 118 valence electrons. The quantitative estimate of drug-likeness (QED) is 0.592. The summed E-state index contributed by atoms with van der Waals surface area (Å²) in [5, 5.41) is 5.26. The van der Waals surface area contributed by atoms with Crippen molar-refractivity contribution in [3.63, 3.8) is 0 Å². The number of hydrogen-bond acceptors (Lipinski definition) is 7. The fourth-order valence-electron chi connectivity index (χ4n) is 1.95. The van der Waals surface area contributed by atoms with Crippen molar-refractivity contribution in [3.8, 4) is 5.75 Å². The van der Waals surface area contributed by atoms with Gasteiger partial charge < -0.3 is 20.1 Å². The van der Waals surface area contributed by atoms with Gasteiger partial charge in [-0.05, 0) is 19.4 Å². The zero-order valence-electron chi connectivity index (χ0n) is 12.3. The van der Waals surface area contributed by atoms with E-state index in [1.54, 1.807) is 19.1 Å². The summed E-state index contributed by atoms with van der Waals surface area (Å²) in [6.07, 6.45) is 2.12. The van der Waals surface area contributed by atoms with Crippen molar-refractivity contribution in [1.82, 2.24) is 10.3 Å². The molecular weight excluding hydrogens is 290 g/mol. The SMILES string of the molecule is COc1ccnc(N[C@@H](C)C(=O)OC(=O)[C@@H]2CCC(=O)N2)c1. The van der Waals surface area contributed by atoms with Crippen LogP contribution in [0.5, 0.6) is 5.75 Å². The first-order valence-electron chi connectivity index (χ1n) is 6.81. The summed E-state index contributed by atoms with van der Waals surface area (Å²) in [6, 6.07) is 1.75. The van der Waals surface area contributed by atoms with Gasteiger partial charge in [-0.1, -0.05) is 0 Å². The fraction of sp³-hybridized carbons (Fsp3) is 0.429. The number of anilines is 1. The highest BCUT2D eigenvalue weighted by Gasteiger charge is 2.31. The van der Waals surface area contributed by atoms with Gasteiger partial charge in [0.2, 0.25) is 5.91 Å². The number of esters is 2. The van der Waals surface area contributed by atoms with Gasteiger partial charge in [-0.25, -0.2) is 14.6 Å². The average molecular weight is 307 g/mol. The molecule has 1 aliphatic rings. The molecule has 8 nitrogen and oxygen atoms in total. The number of hydrogen-bond donors (Lipinski definition) is 2. The van der Waals surface area contributed by atoms with Crippen LogP contribution in [-0.4, -0.2) is 42.0 Å². The fourth-order valence-corrected chi connectivity index (χ4v) is 1.95. The summed E-state index contributed by atoms with van der Waals surface area (Å²) < 4.78 is 9.81. The highest BCUT2D eigenvalue weighted by atomic mass is 16.6. The molecule has 0 aliphatic carbocycles. The highest BCUT2D eigenvalue weighted by molar-refractivity contribution is 5.95. The number of rotatable bonds is 5. The number of pyridine rings is 1. The maximum absolute atomic E-state index is 11.9. The number of nitrogens with zero attached hydrogens (tertiary/aromatic N) is 1. The van der Waals surface area contributed by atoms with Crippen LogP contribution in [0.1, 0.15) is 19.8 Å². The molecule has 1 amide bonds. The zero-order chi connectivity index (χ0) is 16.1. The smallest absolute Gasteiger partial charge is 0.336 e. The van der Waals surface area contributed by atoms with Crippen LogP contribution in [0.2, 0.25) is 0 Å². The van der Waals surface area contributed by atoms with E-state index < -0.39 is 24.0 Å². The molecule has 0 aromatic carbocycles. The minimum atomic E-state index is -0.777. The largest absolute Gasteiger partial charge is 0.497 e. The monoisotopic (exact) mass is 307 g/mol. The van der Waals surface area contributed by atoms with Gasteiger partial charge in [0.1, 0.15) is 23.7 Å². The Kier molecular flexibility index (Phi) is 4.92. The number of ether oxygens (including phenoxy) is 2. The van der Waals surface area contributed by atoms with Crippen molar-refractivity contribution in [2.45, 2.75) is 31.8 Å². The lowest BCUT2D eigenvalue weighted by Crippen LogP contribution is -2.39. The van der Waals surface area contributed by atoms with E-state index in [1.807, 2.05) is 0 Å². The first-order valence-corrected chi connectivity index (χ1v) is 6.81. The van der Waals surface area contributed by atoms with Gasteiger partial charge >= 0.3 is 11.9 Å². The van der Waals surface area contributed by atoms with Crippen molar-refractivity contribution < 1.29 is 23.9 Å². The Morgan fingerprint density at radius 2 is 2.27 bits per heavy atom. The Morgan fingerprint density at radius 1 is 1.50 bits per heavy atom. The number of carbonyl (C=O) groups is 3. The molecule has 2 rings (SSSR count). The van der Waals surface area contributed by atoms with Crippen LogP contribution in [0, 0.1) is 0 Å². The average Bonchev–Trinajstić information content (AvgIpc) is 2.94. The Morgan fingerprint density at radius 3 is 2.91 bits per heavy atom. The van der Waals surface area contributed by atoms with E-state index in [1.165, 1.54) is 13.3 Å². The van der Waals surface area contributed by atoms with Crippen molar-refractivity contribution in [2.75, 3.05) is 12.4 Å². The van der Waals surface area contributed by atoms with Crippen LogP contribution in [0.15, 0.2) is 18.3 Å². The lowest BCUT2D eigenvalue weighted by atomic mass is 10.2. The van der Waals surface area contributed by atoms with Gasteiger partial charge in [0, 0.05) is 18.7 Å². The van der Waals surface area contributed by atoms with Gasteiger partial charge in [0.05, 0.1) is 7.11 Å². The topological polar surface area (TPSA) is 107 Å². The van der Waals surface area contributed by atoms with Gasteiger partial charge in [-0.2, -0.15) is 0 Å². The molecule has 8 heteroatoms. The molecule has 0 unspecified atom stereocenters. The number of carbonyl (C=O) groups excluding carboxylic acids is 3. The third-order valence-corrected chi connectivity index (χ3v) is 3.17. The molecule has 1 aromatic rings. The van der Waals surface area contributed by atoms with Gasteiger partial charge in [-0.15, -0.1) is 0 Å². The summed E-state index contributed by atoms with van der Waals surface area (Å²) in [5.74, 6) is -0.701. The van der Waals surface area contributed by atoms with E-state index >= 15 is 0 Å². The van der Waals surface area contributed by atoms with Crippen LogP contribution < -0.4 is 15.4 Å². The molecule has 0 spiro atoms. The number of methoxy groups -OCH3 is 1. The summed E-state index contributed by atoms with van der Waals surface area (Å²) >= 11 is 0. The molecular formula is C14H17N3O5. The molecule has 0 bridgehead atoms. The Labute approximate surface area is 127 Å². The standard InChI is InChI=1S/C14H17N3O5/c1-8(16-11-7-9(21-2)5-6-15-11)13(19)22-14(20)10-3-4-12(18)17-10/h5-8,10H,3-4H2,1-2H3,(H,15,16)(H,17,18)/t8-,10-/m0/s1. The molecule has 1 aliphatic heterocycles. The number of amides is 1. The Hall–Kier alpha value is -2.64. The molecule has 0 radical (unpaired) electrons. The second kappa shape index (κ2) is 6.88. The third kappa shape index (κ3) is 3.94. The molecule has 1 fully saturated rings. The maximum Gasteiger partial charge on any atom is 0.336 e. The van der Waals surface area contributed by atoms with E-state index in [2.05, 4.69) is 15.6 Å². The summed E-state index contributed by atoms with van der Waals surface area (Å²) in [7, 11) is 1.52. The van der Waals surface area contributed by atoms with Crippen LogP contribution in [0.3, 0.4) is 0 Å². The van der Waals surface area contributed by atoms with Crippen molar-refractivity contribution in [1.29, 1.82) is 0 Å². The second-order valence-electron chi connectivity index (χ2n) is 4.85. The van der Waals surface area contributed by atoms with E-state index in [-0.39, 0.29) is 12.3 Å². The zero-order valence-corrected chi connectivity index (χ0v) is 12.3. The molecule has 0 saturated carbocycles. The molecule has 2 atom stereocenters. The van der Waals surface area contributed by atoms with Crippen molar-refractivity contribution >= 4 is 23.7 Å². The summed E-state index contributed by atoms with van der Waals surface area (Å²) in [5.41, 5.74) is 0. The molecule has 2 heterocycles. The predicted octanol–water partition coefficient (Wildman–Crippen LogP) is 0.239. The summed E-state index contributed by atoms with van der Waals surface area (Å²) in [4.78, 5) is 38.7. The molecule has 1 aromatic heterocycles. The first kappa shape index (κ1) is 15.7. The van der Waals surface area contributed by atoms with Crippen LogP contribution >= 0.6 is 0 Å². The van der Waals surface area contributed by atoms with Gasteiger partial charge in [0.25, 0.3) is 0 Å². The van der Waals surface area contributed by atoms with Crippen LogP contribution in [-0.2, 0) is 19.1 Å². The molecule has 1 saturated heterocycles. The minimum Gasteiger partial charge on any atom is -0.497 e. The van der Waals surface area contributed by atoms with Crippen LogP contribution in [0.4, 0.5) is 5.82 Å². The lowest BCUT2D eigenvalue weighted by Gasteiger charge is -2.15. The Bertz CT molecular complexity index is 590.